The van der Waals surface area contributed by atoms with Crippen molar-refractivity contribution in [1.29, 1.82) is 0 Å². The van der Waals surface area contributed by atoms with Gasteiger partial charge in [-0.25, -0.2) is 9.97 Å². The lowest BCUT2D eigenvalue weighted by molar-refractivity contribution is -0.124. The maximum Gasteiger partial charge on any atom is 0.164 e. The first kappa shape index (κ1) is 16.3. The number of carbonyl (C=O) groups is 1. The summed E-state index contributed by atoms with van der Waals surface area (Å²) < 4.78 is 7.26. The van der Waals surface area contributed by atoms with E-state index < -0.39 is 0 Å². The molecule has 0 spiro atoms. The highest BCUT2D eigenvalue weighted by Gasteiger charge is 2.09. The molecule has 0 aromatic carbocycles. The lowest BCUT2D eigenvalue weighted by Crippen LogP contribution is -2.15. The Morgan fingerprint density at radius 3 is 2.83 bits per heavy atom. The first-order valence-corrected chi connectivity index (χ1v) is 7.88. The fraction of sp³-hybridized carbons (Fsp3) is 0.333. The summed E-state index contributed by atoms with van der Waals surface area (Å²) in [6.45, 7) is 3.93. The molecule has 3 aromatic heterocycles. The van der Waals surface area contributed by atoms with Crippen molar-refractivity contribution in [1.82, 2.24) is 19.5 Å². The molecule has 3 rings (SSSR count). The highest BCUT2D eigenvalue weighted by Crippen LogP contribution is 2.20. The minimum Gasteiger partial charge on any atom is -0.371 e. The van der Waals surface area contributed by atoms with Crippen LogP contribution >= 0.6 is 0 Å². The van der Waals surface area contributed by atoms with E-state index in [1.54, 1.807) is 18.7 Å². The molecule has 0 saturated carbocycles. The molecule has 124 valence electrons. The molecule has 3 heterocycles. The average Bonchev–Trinajstić information content (AvgIpc) is 2.98. The van der Waals surface area contributed by atoms with Gasteiger partial charge in [0, 0.05) is 24.3 Å². The molecule has 6 heteroatoms. The normalized spacial score (nSPS) is 11.3. The summed E-state index contributed by atoms with van der Waals surface area (Å²) in [7, 11) is 1.93. The van der Waals surface area contributed by atoms with Crippen molar-refractivity contribution in [3.8, 4) is 11.4 Å². The number of hydrogen-bond donors (Lipinski definition) is 0. The number of rotatable bonds is 6. The van der Waals surface area contributed by atoms with E-state index in [1.807, 2.05) is 43.7 Å². The van der Waals surface area contributed by atoms with Crippen molar-refractivity contribution in [2.24, 2.45) is 7.05 Å². The Kier molecular flexibility index (Phi) is 4.66. The van der Waals surface area contributed by atoms with Crippen molar-refractivity contribution in [3.63, 3.8) is 0 Å². The molecule has 0 N–H and O–H groups in total. The molecule has 0 amide bonds. The van der Waals surface area contributed by atoms with E-state index in [2.05, 4.69) is 15.0 Å². The lowest BCUT2D eigenvalue weighted by Gasteiger charge is -2.07. The molecule has 3 aromatic rings. The van der Waals surface area contributed by atoms with Crippen LogP contribution in [-0.4, -0.2) is 38.0 Å². The van der Waals surface area contributed by atoms with E-state index in [0.717, 1.165) is 22.3 Å². The van der Waals surface area contributed by atoms with Gasteiger partial charge in [0.25, 0.3) is 0 Å². The predicted molar refractivity (Wildman–Crippen MR) is 91.5 cm³/mol. The van der Waals surface area contributed by atoms with Crippen molar-refractivity contribution < 1.29 is 9.53 Å². The van der Waals surface area contributed by atoms with Crippen LogP contribution in [0.5, 0.6) is 0 Å². The summed E-state index contributed by atoms with van der Waals surface area (Å²) in [5.74, 6) is 0.0124. The van der Waals surface area contributed by atoms with Crippen LogP contribution in [0.15, 0.2) is 36.9 Å². The van der Waals surface area contributed by atoms with E-state index in [4.69, 9.17) is 4.74 Å². The Balaban J connectivity index is 1.84. The number of ether oxygens (including phenoxy) is 1. The van der Waals surface area contributed by atoms with Crippen LogP contribution in [0.2, 0.25) is 0 Å². The third-order valence-electron chi connectivity index (χ3n) is 3.67. The molecule has 24 heavy (non-hydrogen) atoms. The Bertz CT molecular complexity index is 870. The number of nitrogens with zero attached hydrogens (tertiary/aromatic N) is 4. The number of hydrogen-bond acceptors (Lipinski definition) is 5. The van der Waals surface area contributed by atoms with Crippen molar-refractivity contribution >= 4 is 16.7 Å². The van der Waals surface area contributed by atoms with Crippen molar-refractivity contribution in [2.75, 3.05) is 6.61 Å². The number of pyridine rings is 2. The van der Waals surface area contributed by atoms with Gasteiger partial charge in [-0.2, -0.15) is 0 Å². The van der Waals surface area contributed by atoms with E-state index in [1.165, 1.54) is 0 Å². The minimum absolute atomic E-state index is 0.0124. The minimum atomic E-state index is 0.0124. The van der Waals surface area contributed by atoms with Gasteiger partial charge < -0.3 is 9.30 Å². The molecular formula is C18H20N4O2. The maximum absolute atomic E-state index is 12.0. The zero-order chi connectivity index (χ0) is 17.1. The van der Waals surface area contributed by atoms with Gasteiger partial charge in [0.1, 0.15) is 6.61 Å². The largest absolute Gasteiger partial charge is 0.371 e. The monoisotopic (exact) mass is 324 g/mol. The first-order chi connectivity index (χ1) is 11.5. The van der Waals surface area contributed by atoms with Gasteiger partial charge in [0.15, 0.2) is 5.78 Å². The van der Waals surface area contributed by atoms with E-state index in [9.17, 15) is 4.79 Å². The highest BCUT2D eigenvalue weighted by atomic mass is 16.5. The van der Waals surface area contributed by atoms with Gasteiger partial charge >= 0.3 is 0 Å². The molecule has 0 bridgehead atoms. The Morgan fingerprint density at radius 2 is 2.12 bits per heavy atom. The van der Waals surface area contributed by atoms with Crippen LogP contribution in [0.25, 0.3) is 22.3 Å². The first-order valence-electron chi connectivity index (χ1n) is 7.88. The number of carbonyl (C=O) groups excluding carboxylic acids is 1. The smallest absolute Gasteiger partial charge is 0.164 e. The second-order valence-corrected chi connectivity index (χ2v) is 6.03. The summed E-state index contributed by atoms with van der Waals surface area (Å²) in [4.78, 5) is 25.1. The molecule has 0 unspecified atom stereocenters. The molecule has 0 fully saturated rings. The maximum atomic E-state index is 12.0. The van der Waals surface area contributed by atoms with Crippen molar-refractivity contribution in [2.45, 2.75) is 26.4 Å². The quantitative estimate of drug-likeness (QED) is 0.697. The van der Waals surface area contributed by atoms with Crippen LogP contribution in [0.1, 0.15) is 19.5 Å². The molecule has 0 atom stereocenters. The van der Waals surface area contributed by atoms with Crippen LogP contribution < -0.4 is 0 Å². The molecule has 0 aliphatic rings. The summed E-state index contributed by atoms with van der Waals surface area (Å²) in [5, 5.41) is 0.940. The number of aryl methyl sites for hydroxylation is 1. The Hall–Kier alpha value is -2.60. The standard InChI is InChI=1S/C18H20N4O2/c1-12(2)24-10-15(23)6-14-7-17-13(8-20-14)4-5-16(21-17)18-9-19-11-22(18)3/h4-5,7-9,11-12H,6,10H2,1-3H3. The van der Waals surface area contributed by atoms with E-state index in [0.29, 0.717) is 5.69 Å². The highest BCUT2D eigenvalue weighted by molar-refractivity contribution is 5.84. The molecule has 6 nitrogen and oxygen atoms in total. The number of imidazole rings is 1. The Morgan fingerprint density at radius 1 is 1.29 bits per heavy atom. The van der Waals surface area contributed by atoms with Gasteiger partial charge in [-0.05, 0) is 32.0 Å². The lowest BCUT2D eigenvalue weighted by atomic mass is 10.1. The second kappa shape index (κ2) is 6.88. The van der Waals surface area contributed by atoms with E-state index in [-0.39, 0.29) is 24.9 Å². The Labute approximate surface area is 140 Å². The van der Waals surface area contributed by atoms with Crippen molar-refractivity contribution in [3.05, 3.63) is 42.6 Å². The number of fused-ring (bicyclic) bond motifs is 1. The molecule has 0 aliphatic heterocycles. The molecule has 0 saturated heterocycles. The fourth-order valence-corrected chi connectivity index (χ4v) is 2.41. The molecule has 0 radical (unpaired) electrons. The molecule has 0 aliphatic carbocycles. The van der Waals surface area contributed by atoms with Crippen LogP contribution in [0.3, 0.4) is 0 Å². The predicted octanol–water partition coefficient (Wildman–Crippen LogP) is 2.57. The number of Topliss-reactive ketones (excluding diaryl/α,β-unsaturated/α-hetero) is 1. The third-order valence-corrected chi connectivity index (χ3v) is 3.67. The van der Waals surface area contributed by atoms with Crippen LogP contribution in [-0.2, 0) is 23.0 Å². The topological polar surface area (TPSA) is 69.9 Å². The summed E-state index contributed by atoms with van der Waals surface area (Å²) >= 11 is 0. The van der Waals surface area contributed by atoms with E-state index >= 15 is 0 Å². The summed E-state index contributed by atoms with van der Waals surface area (Å²) in [6.07, 6.45) is 5.57. The van der Waals surface area contributed by atoms with Gasteiger partial charge in [-0.1, -0.05) is 0 Å². The zero-order valence-corrected chi connectivity index (χ0v) is 14.1. The molecular weight excluding hydrogens is 304 g/mol. The summed E-state index contributed by atoms with van der Waals surface area (Å²) in [6, 6.07) is 5.79. The van der Waals surface area contributed by atoms with Gasteiger partial charge in [-0.15, -0.1) is 0 Å². The third kappa shape index (κ3) is 3.65. The summed E-state index contributed by atoms with van der Waals surface area (Å²) in [5.41, 5.74) is 3.30. The van der Waals surface area contributed by atoms with Crippen LogP contribution in [0, 0.1) is 0 Å². The fourth-order valence-electron chi connectivity index (χ4n) is 2.41. The van der Waals surface area contributed by atoms with Gasteiger partial charge in [0.05, 0.1) is 42.0 Å². The van der Waals surface area contributed by atoms with Crippen LogP contribution in [0.4, 0.5) is 0 Å². The number of aromatic nitrogens is 4. The SMILES string of the molecule is CC(C)OCC(=O)Cc1cc2nc(-c3cncn3C)ccc2cn1. The second-order valence-electron chi connectivity index (χ2n) is 6.03. The van der Waals surface area contributed by atoms with Gasteiger partial charge in [0.2, 0.25) is 0 Å². The van der Waals surface area contributed by atoms with Gasteiger partial charge in [-0.3, -0.25) is 9.78 Å². The zero-order valence-electron chi connectivity index (χ0n) is 14.1. The average molecular weight is 324 g/mol. The number of ketones is 1.